The van der Waals surface area contributed by atoms with Crippen LogP contribution in [0.25, 0.3) is 0 Å². The normalized spacial score (nSPS) is 17.1. The van der Waals surface area contributed by atoms with Gasteiger partial charge in [0.25, 0.3) is 5.56 Å². The quantitative estimate of drug-likeness (QED) is 0.842. The highest BCUT2D eigenvalue weighted by Gasteiger charge is 2.22. The van der Waals surface area contributed by atoms with Gasteiger partial charge in [-0.1, -0.05) is 26.0 Å². The van der Waals surface area contributed by atoms with Crippen molar-refractivity contribution in [2.45, 2.75) is 52.1 Å². The minimum Gasteiger partial charge on any atom is -0.299 e. The van der Waals surface area contributed by atoms with Crippen molar-refractivity contribution in [1.82, 2.24) is 29.4 Å². The third-order valence-electron chi connectivity index (χ3n) is 5.00. The van der Waals surface area contributed by atoms with E-state index in [4.69, 9.17) is 0 Å². The maximum atomic E-state index is 12.4. The van der Waals surface area contributed by atoms with Gasteiger partial charge in [-0.3, -0.25) is 18.9 Å². The van der Waals surface area contributed by atoms with Crippen LogP contribution in [0.5, 0.6) is 0 Å². The van der Waals surface area contributed by atoms with Gasteiger partial charge in [-0.05, 0) is 31.8 Å². The number of piperidine rings is 1. The van der Waals surface area contributed by atoms with Crippen molar-refractivity contribution in [2.75, 3.05) is 13.1 Å². The van der Waals surface area contributed by atoms with Crippen LogP contribution in [0.4, 0.5) is 0 Å². The molecule has 0 spiro atoms. The van der Waals surface area contributed by atoms with E-state index in [1.165, 1.54) is 0 Å². The Bertz CT molecular complexity index is 764. The van der Waals surface area contributed by atoms with E-state index >= 15 is 0 Å². The Morgan fingerprint density at radius 2 is 1.96 bits per heavy atom. The molecule has 0 aromatic carbocycles. The van der Waals surface area contributed by atoms with Crippen molar-refractivity contribution in [3.8, 4) is 0 Å². The number of hydrogen-bond acceptors (Lipinski definition) is 5. The first-order valence-corrected chi connectivity index (χ1v) is 8.96. The number of likely N-dealkylation sites (tertiary alicyclic amines) is 1. The third-order valence-corrected chi connectivity index (χ3v) is 5.00. The van der Waals surface area contributed by atoms with Crippen LogP contribution in [-0.4, -0.2) is 42.5 Å². The van der Waals surface area contributed by atoms with Crippen LogP contribution in [0.2, 0.25) is 0 Å². The molecule has 0 atom stereocenters. The van der Waals surface area contributed by atoms with Crippen LogP contribution in [0.15, 0.2) is 23.4 Å². The third kappa shape index (κ3) is 4.34. The fraction of sp³-hybridized carbons (Fsp3) is 0.667. The van der Waals surface area contributed by atoms with E-state index in [-0.39, 0.29) is 11.0 Å². The van der Waals surface area contributed by atoms with Crippen molar-refractivity contribution in [3.05, 3.63) is 40.3 Å². The van der Waals surface area contributed by atoms with E-state index < -0.39 is 0 Å². The molecule has 0 saturated carbocycles. The van der Waals surface area contributed by atoms with Gasteiger partial charge in [0.05, 0.1) is 23.9 Å². The lowest BCUT2D eigenvalue weighted by Crippen LogP contribution is -2.36. The van der Waals surface area contributed by atoms with E-state index in [0.717, 1.165) is 50.4 Å². The molecule has 1 aliphatic heterocycles. The monoisotopic (exact) mass is 344 g/mol. The van der Waals surface area contributed by atoms with Crippen molar-refractivity contribution in [1.29, 1.82) is 0 Å². The SMILES string of the molecule is Cn1nncc1CN1CCC(Cn2cnc(C(C)(C)C)cc2=O)CC1. The maximum absolute atomic E-state index is 12.4. The summed E-state index contributed by atoms with van der Waals surface area (Å²) >= 11 is 0. The minimum absolute atomic E-state index is 0.0586. The summed E-state index contributed by atoms with van der Waals surface area (Å²) in [6, 6.07) is 1.69. The smallest absolute Gasteiger partial charge is 0.253 e. The first-order valence-electron chi connectivity index (χ1n) is 8.96. The molecule has 2 aromatic heterocycles. The molecule has 0 N–H and O–H groups in total. The topological polar surface area (TPSA) is 68.8 Å². The zero-order valence-corrected chi connectivity index (χ0v) is 15.6. The Morgan fingerprint density at radius 3 is 2.52 bits per heavy atom. The fourth-order valence-corrected chi connectivity index (χ4v) is 3.26. The largest absolute Gasteiger partial charge is 0.299 e. The first-order chi connectivity index (χ1) is 11.8. The van der Waals surface area contributed by atoms with E-state index in [1.54, 1.807) is 17.0 Å². The summed E-state index contributed by atoms with van der Waals surface area (Å²) in [5, 5.41) is 7.92. The molecule has 7 heteroatoms. The standard InChI is InChI=1S/C18H28N6O/c1-18(2,3)16-9-17(25)24(13-19-16)11-14-5-7-23(8-6-14)12-15-10-20-21-22(15)4/h9-10,13-14H,5-8,11-12H2,1-4H3. The molecule has 0 aliphatic carbocycles. The van der Waals surface area contributed by atoms with Crippen LogP contribution >= 0.6 is 0 Å². The van der Waals surface area contributed by atoms with Gasteiger partial charge in [0.2, 0.25) is 0 Å². The molecule has 0 bridgehead atoms. The van der Waals surface area contributed by atoms with Gasteiger partial charge in [-0.2, -0.15) is 0 Å². The average molecular weight is 344 g/mol. The predicted molar refractivity (Wildman–Crippen MR) is 96.2 cm³/mol. The van der Waals surface area contributed by atoms with Crippen molar-refractivity contribution in [2.24, 2.45) is 13.0 Å². The lowest BCUT2D eigenvalue weighted by molar-refractivity contribution is 0.163. The van der Waals surface area contributed by atoms with Crippen LogP contribution < -0.4 is 5.56 Å². The molecule has 1 fully saturated rings. The molecule has 136 valence electrons. The number of hydrogen-bond donors (Lipinski definition) is 0. The van der Waals surface area contributed by atoms with Gasteiger partial charge in [0.15, 0.2) is 0 Å². The van der Waals surface area contributed by atoms with Crippen molar-refractivity contribution >= 4 is 0 Å². The molecule has 3 rings (SSSR count). The molecule has 7 nitrogen and oxygen atoms in total. The highest BCUT2D eigenvalue weighted by molar-refractivity contribution is 5.10. The van der Waals surface area contributed by atoms with Crippen LogP contribution in [-0.2, 0) is 25.6 Å². The maximum Gasteiger partial charge on any atom is 0.253 e. The van der Waals surface area contributed by atoms with Gasteiger partial charge in [-0.25, -0.2) is 4.98 Å². The highest BCUT2D eigenvalue weighted by atomic mass is 16.1. The number of nitrogens with zero attached hydrogens (tertiary/aromatic N) is 6. The Morgan fingerprint density at radius 1 is 1.24 bits per heavy atom. The van der Waals surface area contributed by atoms with Crippen LogP contribution in [0.1, 0.15) is 45.0 Å². The summed E-state index contributed by atoms with van der Waals surface area (Å²) in [7, 11) is 1.93. The number of aryl methyl sites for hydroxylation is 1. The second-order valence-corrected chi connectivity index (χ2v) is 8.08. The summed E-state index contributed by atoms with van der Waals surface area (Å²) in [5.41, 5.74) is 1.96. The van der Waals surface area contributed by atoms with Gasteiger partial charge in [-0.15, -0.1) is 5.10 Å². The molecular weight excluding hydrogens is 316 g/mol. The molecule has 0 unspecified atom stereocenters. The summed E-state index contributed by atoms with van der Waals surface area (Å²) in [6.45, 7) is 9.96. The van der Waals surface area contributed by atoms with Crippen LogP contribution in [0.3, 0.4) is 0 Å². The van der Waals surface area contributed by atoms with E-state index in [0.29, 0.717) is 5.92 Å². The Hall–Kier alpha value is -2.02. The molecule has 1 aliphatic rings. The molecule has 1 saturated heterocycles. The Kier molecular flexibility index (Phi) is 5.03. The Balaban J connectivity index is 1.56. The zero-order chi connectivity index (χ0) is 18.0. The molecule has 3 heterocycles. The number of rotatable bonds is 4. The summed E-state index contributed by atoms with van der Waals surface area (Å²) in [5.74, 6) is 0.529. The van der Waals surface area contributed by atoms with Crippen LogP contribution in [0, 0.1) is 5.92 Å². The van der Waals surface area contributed by atoms with E-state index in [1.807, 2.05) is 17.9 Å². The number of aromatic nitrogens is 5. The second-order valence-electron chi connectivity index (χ2n) is 8.08. The zero-order valence-electron chi connectivity index (χ0n) is 15.6. The van der Waals surface area contributed by atoms with Gasteiger partial charge >= 0.3 is 0 Å². The molecule has 25 heavy (non-hydrogen) atoms. The summed E-state index contributed by atoms with van der Waals surface area (Å²) < 4.78 is 3.59. The lowest BCUT2D eigenvalue weighted by Gasteiger charge is -2.32. The van der Waals surface area contributed by atoms with Gasteiger partial charge in [0, 0.05) is 31.6 Å². The molecule has 0 radical (unpaired) electrons. The summed E-state index contributed by atoms with van der Waals surface area (Å²) in [6.07, 6.45) is 5.74. The first kappa shape index (κ1) is 17.8. The highest BCUT2D eigenvalue weighted by Crippen LogP contribution is 2.21. The second kappa shape index (κ2) is 7.07. The van der Waals surface area contributed by atoms with Crippen molar-refractivity contribution in [3.63, 3.8) is 0 Å². The Labute approximate surface area is 148 Å². The van der Waals surface area contributed by atoms with Crippen molar-refractivity contribution < 1.29 is 0 Å². The average Bonchev–Trinajstić information content (AvgIpc) is 2.95. The molecule has 2 aromatic rings. The van der Waals surface area contributed by atoms with Gasteiger partial charge in [0.1, 0.15) is 0 Å². The fourth-order valence-electron chi connectivity index (χ4n) is 3.26. The predicted octanol–water partition coefficient (Wildman–Crippen LogP) is 1.58. The minimum atomic E-state index is -0.0930. The molecular formula is C18H28N6O. The van der Waals surface area contributed by atoms with E-state index in [2.05, 4.69) is 41.0 Å². The summed E-state index contributed by atoms with van der Waals surface area (Å²) in [4.78, 5) is 19.3. The van der Waals surface area contributed by atoms with Gasteiger partial charge < -0.3 is 0 Å². The van der Waals surface area contributed by atoms with E-state index in [9.17, 15) is 4.79 Å². The molecule has 0 amide bonds. The lowest BCUT2D eigenvalue weighted by atomic mass is 9.92.